The van der Waals surface area contributed by atoms with Gasteiger partial charge in [-0.15, -0.1) is 11.8 Å². The third-order valence-electron chi connectivity index (χ3n) is 5.59. The summed E-state index contributed by atoms with van der Waals surface area (Å²) in [7, 11) is 3.22. The van der Waals surface area contributed by atoms with Crippen LogP contribution in [0.25, 0.3) is 0 Å². The fourth-order valence-electron chi connectivity index (χ4n) is 4.01. The van der Waals surface area contributed by atoms with Crippen molar-refractivity contribution in [2.45, 2.75) is 17.7 Å². The Labute approximate surface area is 180 Å². The smallest absolute Gasteiger partial charge is 0.321 e. The number of thioether (sulfide) groups is 1. The zero-order valence-electron chi connectivity index (χ0n) is 17.1. The fraction of sp³-hybridized carbons (Fsp3) is 0.364. The van der Waals surface area contributed by atoms with Crippen LogP contribution in [0.3, 0.4) is 0 Å². The molecule has 3 amide bonds. The van der Waals surface area contributed by atoms with Crippen LogP contribution in [-0.4, -0.2) is 54.8 Å². The molecule has 2 saturated heterocycles. The summed E-state index contributed by atoms with van der Waals surface area (Å²) < 4.78 is 10.5. The second kappa shape index (κ2) is 8.47. The highest BCUT2D eigenvalue weighted by atomic mass is 32.2. The molecule has 2 aromatic carbocycles. The van der Waals surface area contributed by atoms with Crippen molar-refractivity contribution in [2.75, 3.05) is 43.3 Å². The van der Waals surface area contributed by atoms with Crippen LogP contribution >= 0.6 is 11.8 Å². The third-order valence-corrected chi connectivity index (χ3v) is 7.11. The predicted octanol–water partition coefficient (Wildman–Crippen LogP) is 3.81. The summed E-state index contributed by atoms with van der Waals surface area (Å²) in [6.07, 6.45) is 1.43. The van der Waals surface area contributed by atoms with E-state index in [0.717, 1.165) is 11.4 Å². The molecule has 0 bridgehead atoms. The Morgan fingerprint density at radius 3 is 2.40 bits per heavy atom. The molecule has 4 rings (SSSR count). The summed E-state index contributed by atoms with van der Waals surface area (Å²) in [5.74, 6) is 1.97. The van der Waals surface area contributed by atoms with Crippen LogP contribution in [0.2, 0.25) is 0 Å². The van der Waals surface area contributed by atoms with E-state index in [1.807, 2.05) is 47.4 Å². The van der Waals surface area contributed by atoms with Crippen LogP contribution in [0.1, 0.15) is 12.8 Å². The molecule has 7 nitrogen and oxygen atoms in total. The lowest BCUT2D eigenvalue weighted by Crippen LogP contribution is -2.53. The van der Waals surface area contributed by atoms with Crippen LogP contribution in [0, 0.1) is 0 Å². The maximum absolute atomic E-state index is 12.7. The van der Waals surface area contributed by atoms with Crippen molar-refractivity contribution in [3.63, 3.8) is 0 Å². The molecule has 30 heavy (non-hydrogen) atoms. The van der Waals surface area contributed by atoms with Gasteiger partial charge in [0.05, 0.1) is 24.8 Å². The van der Waals surface area contributed by atoms with Crippen molar-refractivity contribution < 1.29 is 19.1 Å². The number of rotatable bonds is 4. The first kappa shape index (κ1) is 20.4. The quantitative estimate of drug-likeness (QED) is 0.804. The number of nitrogens with zero attached hydrogens (tertiary/aromatic N) is 2. The first-order valence-corrected chi connectivity index (χ1v) is 10.8. The SMILES string of the molecule is COc1cccc(NC(=O)N2CCC3(CC2)SCC(=O)N3c2cccc(OC)c2)c1. The highest BCUT2D eigenvalue weighted by molar-refractivity contribution is 8.02. The maximum atomic E-state index is 12.7. The van der Waals surface area contributed by atoms with Crippen molar-refractivity contribution in [1.82, 2.24) is 4.90 Å². The molecule has 0 saturated carbocycles. The lowest BCUT2D eigenvalue weighted by atomic mass is 10.0. The highest BCUT2D eigenvalue weighted by Gasteiger charge is 2.49. The Balaban J connectivity index is 1.45. The zero-order chi connectivity index (χ0) is 21.1. The van der Waals surface area contributed by atoms with Crippen molar-refractivity contribution in [3.05, 3.63) is 48.5 Å². The topological polar surface area (TPSA) is 71.1 Å². The molecule has 0 aromatic heterocycles. The fourth-order valence-corrected chi connectivity index (χ4v) is 5.34. The minimum Gasteiger partial charge on any atom is -0.497 e. The standard InChI is InChI=1S/C22H25N3O4S/c1-28-18-7-3-5-16(13-18)23-21(27)24-11-9-22(10-12-24)25(20(26)15-30-22)17-6-4-8-19(14-17)29-2/h3-8,13-14H,9-12,15H2,1-2H3,(H,23,27). The second-order valence-corrected chi connectivity index (χ2v) is 8.65. The van der Waals surface area contributed by atoms with E-state index in [1.54, 1.807) is 36.9 Å². The van der Waals surface area contributed by atoms with Crippen molar-refractivity contribution in [3.8, 4) is 11.5 Å². The Kier molecular flexibility index (Phi) is 5.76. The van der Waals surface area contributed by atoms with E-state index in [-0.39, 0.29) is 16.8 Å². The number of nitrogens with one attached hydrogen (secondary N) is 1. The first-order chi connectivity index (χ1) is 14.5. The number of hydrogen-bond acceptors (Lipinski definition) is 5. The molecular weight excluding hydrogens is 402 g/mol. The van der Waals surface area contributed by atoms with Gasteiger partial charge in [-0.05, 0) is 37.1 Å². The Morgan fingerprint density at radius 1 is 1.03 bits per heavy atom. The summed E-state index contributed by atoms with van der Waals surface area (Å²) in [5, 5.41) is 2.94. The largest absolute Gasteiger partial charge is 0.497 e. The monoisotopic (exact) mass is 427 g/mol. The highest BCUT2D eigenvalue weighted by Crippen LogP contribution is 2.47. The molecule has 2 fully saturated rings. The van der Waals surface area contributed by atoms with E-state index in [0.29, 0.717) is 43.1 Å². The van der Waals surface area contributed by atoms with E-state index < -0.39 is 0 Å². The summed E-state index contributed by atoms with van der Waals surface area (Å²) >= 11 is 1.67. The van der Waals surface area contributed by atoms with Gasteiger partial charge in [0.15, 0.2) is 0 Å². The number of benzene rings is 2. The summed E-state index contributed by atoms with van der Waals surface area (Å²) in [4.78, 5) is 28.8. The van der Waals surface area contributed by atoms with Gasteiger partial charge in [-0.25, -0.2) is 4.79 Å². The second-order valence-electron chi connectivity index (χ2n) is 7.31. The molecule has 1 N–H and O–H groups in total. The molecule has 0 aliphatic carbocycles. The van der Waals surface area contributed by atoms with Crippen molar-refractivity contribution >= 4 is 35.1 Å². The lowest BCUT2D eigenvalue weighted by molar-refractivity contribution is -0.116. The van der Waals surface area contributed by atoms with Gasteiger partial charge in [-0.3, -0.25) is 9.69 Å². The molecule has 158 valence electrons. The van der Waals surface area contributed by atoms with E-state index in [2.05, 4.69) is 5.32 Å². The number of hydrogen-bond donors (Lipinski definition) is 1. The average Bonchev–Trinajstić information content (AvgIpc) is 3.09. The number of methoxy groups -OCH3 is 2. The molecule has 0 unspecified atom stereocenters. The van der Waals surface area contributed by atoms with Gasteiger partial charge in [0.2, 0.25) is 5.91 Å². The van der Waals surface area contributed by atoms with E-state index in [1.165, 1.54) is 0 Å². The molecule has 2 aromatic rings. The van der Waals surface area contributed by atoms with Crippen LogP contribution < -0.4 is 19.7 Å². The van der Waals surface area contributed by atoms with Gasteiger partial charge in [0.1, 0.15) is 11.5 Å². The van der Waals surface area contributed by atoms with E-state index in [9.17, 15) is 9.59 Å². The number of likely N-dealkylation sites (tertiary alicyclic amines) is 1. The minimum atomic E-state index is -0.323. The number of ether oxygens (including phenoxy) is 2. The first-order valence-electron chi connectivity index (χ1n) is 9.86. The van der Waals surface area contributed by atoms with Gasteiger partial charge >= 0.3 is 6.03 Å². The number of carbonyl (C=O) groups is 2. The molecule has 2 heterocycles. The zero-order valence-corrected chi connectivity index (χ0v) is 17.9. The lowest BCUT2D eigenvalue weighted by Gasteiger charge is -2.43. The Hall–Kier alpha value is -2.87. The number of amides is 3. The normalized spacial score (nSPS) is 17.9. The molecular formula is C22H25N3O4S. The molecule has 8 heteroatoms. The number of carbonyl (C=O) groups excluding carboxylic acids is 2. The van der Waals surface area contributed by atoms with E-state index in [4.69, 9.17) is 9.47 Å². The number of urea groups is 1. The Bertz CT molecular complexity index is 943. The van der Waals surface area contributed by atoms with Crippen molar-refractivity contribution in [1.29, 1.82) is 0 Å². The van der Waals surface area contributed by atoms with Crippen molar-refractivity contribution in [2.24, 2.45) is 0 Å². The Morgan fingerprint density at radius 2 is 1.70 bits per heavy atom. The summed E-state index contributed by atoms with van der Waals surface area (Å²) in [6.45, 7) is 1.16. The van der Waals surface area contributed by atoms with Gasteiger partial charge in [-0.1, -0.05) is 12.1 Å². The van der Waals surface area contributed by atoms with Gasteiger partial charge in [0, 0.05) is 36.6 Å². The van der Waals surface area contributed by atoms with E-state index >= 15 is 0 Å². The average molecular weight is 428 g/mol. The predicted molar refractivity (Wildman–Crippen MR) is 118 cm³/mol. The summed E-state index contributed by atoms with van der Waals surface area (Å²) in [5.41, 5.74) is 1.54. The molecule has 0 radical (unpaired) electrons. The number of anilines is 2. The molecule has 2 aliphatic heterocycles. The number of piperidine rings is 1. The van der Waals surface area contributed by atoms with Gasteiger partial charge < -0.3 is 19.7 Å². The minimum absolute atomic E-state index is 0.0996. The summed E-state index contributed by atoms with van der Waals surface area (Å²) in [6, 6.07) is 14.8. The third kappa shape index (κ3) is 3.92. The van der Waals surface area contributed by atoms with Crippen LogP contribution in [-0.2, 0) is 4.79 Å². The van der Waals surface area contributed by atoms with Crippen LogP contribution in [0.4, 0.5) is 16.2 Å². The molecule has 2 aliphatic rings. The van der Waals surface area contributed by atoms with Crippen LogP contribution in [0.5, 0.6) is 11.5 Å². The van der Waals surface area contributed by atoms with Gasteiger partial charge in [0.25, 0.3) is 0 Å². The van der Waals surface area contributed by atoms with Gasteiger partial charge in [-0.2, -0.15) is 0 Å². The maximum Gasteiger partial charge on any atom is 0.321 e. The molecule has 1 spiro atoms. The molecule has 0 atom stereocenters. The van der Waals surface area contributed by atoms with Crippen LogP contribution in [0.15, 0.2) is 48.5 Å².